The SMILES string of the molecule is CC(Sc1nn(-c2ccccc2)c(=S)s1)C(=O)Nc1ccccc1OC(F)F. The van der Waals surface area contributed by atoms with Crippen LogP contribution in [0.15, 0.2) is 58.9 Å². The van der Waals surface area contributed by atoms with Crippen molar-refractivity contribution in [3.8, 4) is 11.4 Å². The van der Waals surface area contributed by atoms with Crippen LogP contribution in [0.2, 0.25) is 0 Å². The number of thioether (sulfide) groups is 1. The monoisotopic (exact) mass is 439 g/mol. The van der Waals surface area contributed by atoms with E-state index in [-0.39, 0.29) is 17.3 Å². The molecule has 0 radical (unpaired) electrons. The third kappa shape index (κ3) is 5.15. The van der Waals surface area contributed by atoms with Crippen molar-refractivity contribution in [2.24, 2.45) is 0 Å². The second-order valence-electron chi connectivity index (χ2n) is 5.51. The number of benzene rings is 2. The first kappa shape index (κ1) is 20.4. The predicted molar refractivity (Wildman–Crippen MR) is 109 cm³/mol. The van der Waals surface area contributed by atoms with Gasteiger partial charge >= 0.3 is 6.61 Å². The van der Waals surface area contributed by atoms with Crippen LogP contribution in [-0.4, -0.2) is 27.5 Å². The van der Waals surface area contributed by atoms with Gasteiger partial charge < -0.3 is 10.1 Å². The van der Waals surface area contributed by atoms with Gasteiger partial charge in [-0.05, 0) is 43.4 Å². The number of nitrogens with zero attached hydrogens (tertiary/aromatic N) is 2. The molecule has 1 unspecified atom stereocenters. The number of para-hydroxylation sites is 3. The number of alkyl halides is 2. The average Bonchev–Trinajstić information content (AvgIpc) is 3.03. The molecule has 146 valence electrons. The first-order valence-electron chi connectivity index (χ1n) is 8.11. The topological polar surface area (TPSA) is 56.2 Å². The molecule has 1 heterocycles. The van der Waals surface area contributed by atoms with Crippen LogP contribution in [0.5, 0.6) is 5.75 Å². The lowest BCUT2D eigenvalue weighted by molar-refractivity contribution is -0.115. The van der Waals surface area contributed by atoms with Crippen LogP contribution in [0.1, 0.15) is 6.92 Å². The minimum absolute atomic E-state index is 0.0907. The minimum Gasteiger partial charge on any atom is -0.433 e. The molecule has 1 atom stereocenters. The maximum atomic E-state index is 12.5. The number of carbonyl (C=O) groups excluding carboxylic acids is 1. The molecule has 5 nitrogen and oxygen atoms in total. The Kier molecular flexibility index (Phi) is 6.76. The van der Waals surface area contributed by atoms with Crippen molar-refractivity contribution in [3.05, 3.63) is 58.6 Å². The molecule has 28 heavy (non-hydrogen) atoms. The van der Waals surface area contributed by atoms with E-state index in [1.807, 2.05) is 30.3 Å². The van der Waals surface area contributed by atoms with Crippen molar-refractivity contribution in [1.29, 1.82) is 0 Å². The Labute approximate surface area is 173 Å². The van der Waals surface area contributed by atoms with E-state index in [2.05, 4.69) is 15.2 Å². The summed E-state index contributed by atoms with van der Waals surface area (Å²) in [4.78, 5) is 12.5. The Morgan fingerprint density at radius 2 is 1.89 bits per heavy atom. The number of amides is 1. The maximum Gasteiger partial charge on any atom is 0.387 e. The number of carbonyl (C=O) groups is 1. The zero-order chi connectivity index (χ0) is 20.1. The van der Waals surface area contributed by atoms with Crippen LogP contribution in [0.25, 0.3) is 5.69 Å². The van der Waals surface area contributed by atoms with Crippen LogP contribution in [-0.2, 0) is 4.79 Å². The van der Waals surface area contributed by atoms with E-state index in [1.54, 1.807) is 23.7 Å². The highest BCUT2D eigenvalue weighted by Gasteiger charge is 2.19. The molecule has 0 saturated carbocycles. The largest absolute Gasteiger partial charge is 0.433 e. The molecule has 0 aliphatic carbocycles. The molecule has 0 aliphatic heterocycles. The van der Waals surface area contributed by atoms with E-state index in [0.29, 0.717) is 8.29 Å². The van der Waals surface area contributed by atoms with E-state index in [1.165, 1.54) is 35.2 Å². The van der Waals surface area contributed by atoms with Gasteiger partial charge in [0.05, 0.1) is 16.6 Å². The van der Waals surface area contributed by atoms with Crippen LogP contribution in [0.4, 0.5) is 14.5 Å². The zero-order valence-electron chi connectivity index (χ0n) is 14.5. The highest BCUT2D eigenvalue weighted by atomic mass is 32.2. The Morgan fingerprint density at radius 1 is 1.21 bits per heavy atom. The standard InChI is InChI=1S/C18H15F2N3O2S3/c1-11(15(24)21-13-9-5-6-10-14(13)25-16(19)20)27-17-22-23(18(26)28-17)12-7-3-2-4-8-12/h2-11,16H,1H3,(H,21,24). The molecule has 1 aromatic heterocycles. The van der Waals surface area contributed by atoms with Gasteiger partial charge in [-0.1, -0.05) is 53.4 Å². The fourth-order valence-electron chi connectivity index (χ4n) is 2.25. The summed E-state index contributed by atoms with van der Waals surface area (Å²) in [6, 6.07) is 15.5. The molecule has 10 heteroatoms. The van der Waals surface area contributed by atoms with E-state index in [4.69, 9.17) is 12.2 Å². The highest BCUT2D eigenvalue weighted by molar-refractivity contribution is 8.02. The van der Waals surface area contributed by atoms with Gasteiger partial charge in [-0.25, -0.2) is 4.68 Å². The van der Waals surface area contributed by atoms with E-state index >= 15 is 0 Å². The summed E-state index contributed by atoms with van der Waals surface area (Å²) in [6.07, 6.45) is 0. The fraction of sp³-hybridized carbons (Fsp3) is 0.167. The molecule has 2 aromatic carbocycles. The van der Waals surface area contributed by atoms with E-state index in [9.17, 15) is 13.6 Å². The smallest absolute Gasteiger partial charge is 0.387 e. The molecule has 0 aliphatic rings. The molecule has 1 amide bonds. The van der Waals surface area contributed by atoms with Gasteiger partial charge in [-0.2, -0.15) is 8.78 Å². The van der Waals surface area contributed by atoms with E-state index in [0.717, 1.165) is 5.69 Å². The molecular weight excluding hydrogens is 424 g/mol. The summed E-state index contributed by atoms with van der Waals surface area (Å²) in [5.41, 5.74) is 1.02. The van der Waals surface area contributed by atoms with Crippen molar-refractivity contribution in [1.82, 2.24) is 9.78 Å². The second kappa shape index (κ2) is 9.26. The molecule has 1 N–H and O–H groups in total. The third-order valence-electron chi connectivity index (χ3n) is 3.54. The lowest BCUT2D eigenvalue weighted by Crippen LogP contribution is -2.23. The van der Waals surface area contributed by atoms with Crippen LogP contribution >= 0.6 is 35.3 Å². The van der Waals surface area contributed by atoms with Crippen LogP contribution in [0, 0.1) is 3.95 Å². The highest BCUT2D eigenvalue weighted by Crippen LogP contribution is 2.30. The fourth-order valence-corrected chi connectivity index (χ4v) is 4.75. The minimum atomic E-state index is -2.97. The van der Waals surface area contributed by atoms with Crippen molar-refractivity contribution in [2.45, 2.75) is 23.1 Å². The molecule has 0 saturated heterocycles. The van der Waals surface area contributed by atoms with Gasteiger partial charge in [0.2, 0.25) is 5.91 Å². The van der Waals surface area contributed by atoms with Gasteiger partial charge in [-0.15, -0.1) is 5.10 Å². The van der Waals surface area contributed by atoms with Crippen molar-refractivity contribution < 1.29 is 18.3 Å². The molecule has 0 bridgehead atoms. The lowest BCUT2D eigenvalue weighted by atomic mass is 10.3. The third-order valence-corrected chi connectivity index (χ3v) is 5.95. The Balaban J connectivity index is 1.70. The van der Waals surface area contributed by atoms with Crippen molar-refractivity contribution >= 4 is 46.9 Å². The van der Waals surface area contributed by atoms with Crippen LogP contribution in [0.3, 0.4) is 0 Å². The molecule has 3 aromatic rings. The predicted octanol–water partition coefficient (Wildman–Crippen LogP) is 5.38. The number of ether oxygens (including phenoxy) is 1. The van der Waals surface area contributed by atoms with Gasteiger partial charge in [0, 0.05) is 0 Å². The molecular formula is C18H15F2N3O2S3. The number of aromatic nitrogens is 2. The van der Waals surface area contributed by atoms with Gasteiger partial charge in [-0.3, -0.25) is 4.79 Å². The number of nitrogens with one attached hydrogen (secondary N) is 1. The number of hydrogen-bond donors (Lipinski definition) is 1. The zero-order valence-corrected chi connectivity index (χ0v) is 17.0. The summed E-state index contributed by atoms with van der Waals surface area (Å²) in [7, 11) is 0. The quantitative estimate of drug-likeness (QED) is 0.395. The Bertz CT molecular complexity index is 1010. The Morgan fingerprint density at radius 3 is 2.61 bits per heavy atom. The summed E-state index contributed by atoms with van der Waals surface area (Å²) >= 11 is 7.89. The van der Waals surface area contributed by atoms with Gasteiger partial charge in [0.1, 0.15) is 5.75 Å². The first-order chi connectivity index (χ1) is 13.4. The maximum absolute atomic E-state index is 12.5. The summed E-state index contributed by atoms with van der Waals surface area (Å²) in [5, 5.41) is 6.55. The summed E-state index contributed by atoms with van der Waals surface area (Å²) < 4.78 is 32.3. The van der Waals surface area contributed by atoms with E-state index < -0.39 is 11.9 Å². The van der Waals surface area contributed by atoms with Gasteiger partial charge in [0.25, 0.3) is 0 Å². The Hall–Kier alpha value is -2.30. The molecule has 0 fully saturated rings. The normalized spacial score (nSPS) is 12.0. The number of halogens is 2. The van der Waals surface area contributed by atoms with Crippen LogP contribution < -0.4 is 10.1 Å². The van der Waals surface area contributed by atoms with Crippen molar-refractivity contribution in [2.75, 3.05) is 5.32 Å². The van der Waals surface area contributed by atoms with Crippen molar-refractivity contribution in [3.63, 3.8) is 0 Å². The first-order valence-corrected chi connectivity index (χ1v) is 10.2. The molecule has 3 rings (SSSR count). The average molecular weight is 440 g/mol. The molecule has 0 spiro atoms. The number of rotatable bonds is 7. The van der Waals surface area contributed by atoms with Gasteiger partial charge in [0.15, 0.2) is 8.29 Å². The summed E-state index contributed by atoms with van der Waals surface area (Å²) in [6.45, 7) is -1.27. The summed E-state index contributed by atoms with van der Waals surface area (Å²) in [5.74, 6) is -0.449. The second-order valence-corrected chi connectivity index (χ2v) is 8.72. The number of hydrogen-bond acceptors (Lipinski definition) is 6. The number of anilines is 1. The lowest BCUT2D eigenvalue weighted by Gasteiger charge is -2.14.